The van der Waals surface area contributed by atoms with Gasteiger partial charge in [0.25, 0.3) is 11.8 Å². The Morgan fingerprint density at radius 3 is 1.95 bits per heavy atom. The third kappa shape index (κ3) is 8.57. The number of aliphatic carboxylic acids is 1. The Labute approximate surface area is 228 Å². The lowest BCUT2D eigenvalue weighted by molar-refractivity contribution is -0.137. The van der Waals surface area contributed by atoms with E-state index in [1.54, 1.807) is 6.07 Å². The molecule has 208 valence electrons. The fourth-order valence-electron chi connectivity index (χ4n) is 5.42. The third-order valence-corrected chi connectivity index (χ3v) is 7.61. The number of unbranched alkanes of at least 4 members (excludes halogenated alkanes) is 13. The molecule has 2 aromatic carbocycles. The lowest BCUT2D eigenvalue weighted by atomic mass is 9.92. The zero-order valence-corrected chi connectivity index (χ0v) is 23.2. The van der Waals surface area contributed by atoms with E-state index in [0.29, 0.717) is 36.9 Å². The van der Waals surface area contributed by atoms with Crippen LogP contribution in [0.5, 0.6) is 0 Å². The number of carbonyl (C=O) groups excluding carboxylic acids is 2. The predicted molar refractivity (Wildman–Crippen MR) is 155 cm³/mol. The molecule has 6 nitrogen and oxygen atoms in total. The number of anilines is 1. The molecule has 2 aromatic rings. The fourth-order valence-corrected chi connectivity index (χ4v) is 5.42. The van der Waals surface area contributed by atoms with Gasteiger partial charge in [0.05, 0.1) is 0 Å². The lowest BCUT2D eigenvalue weighted by Crippen LogP contribution is -2.40. The summed E-state index contributed by atoms with van der Waals surface area (Å²) in [7, 11) is 0. The molecule has 38 heavy (non-hydrogen) atoms. The molecule has 0 bridgehead atoms. The summed E-state index contributed by atoms with van der Waals surface area (Å²) in [5, 5.41) is 14.0. The van der Waals surface area contributed by atoms with Crippen molar-refractivity contribution < 1.29 is 19.5 Å². The molecule has 0 atom stereocenters. The van der Waals surface area contributed by atoms with Gasteiger partial charge < -0.3 is 10.4 Å². The van der Waals surface area contributed by atoms with Gasteiger partial charge in [-0.1, -0.05) is 96.1 Å². The molecule has 3 rings (SSSR count). The first kappa shape index (κ1) is 29.7. The summed E-state index contributed by atoms with van der Waals surface area (Å²) in [5.41, 5.74) is 2.10. The van der Waals surface area contributed by atoms with Crippen LogP contribution in [0, 0.1) is 0 Å². The van der Waals surface area contributed by atoms with Gasteiger partial charge in [-0.3, -0.25) is 19.3 Å². The van der Waals surface area contributed by atoms with Crippen molar-refractivity contribution in [1.82, 2.24) is 4.90 Å². The average molecular weight is 523 g/mol. The Bertz CT molecular complexity index is 1040. The van der Waals surface area contributed by atoms with E-state index in [1.165, 1.54) is 75.5 Å². The zero-order valence-electron chi connectivity index (χ0n) is 23.2. The van der Waals surface area contributed by atoms with Crippen LogP contribution in [-0.4, -0.2) is 40.9 Å². The first-order valence-corrected chi connectivity index (χ1v) is 14.9. The third-order valence-electron chi connectivity index (χ3n) is 7.61. The van der Waals surface area contributed by atoms with Gasteiger partial charge in [0.15, 0.2) is 0 Å². The van der Waals surface area contributed by atoms with Crippen LogP contribution in [-0.2, 0) is 4.79 Å². The van der Waals surface area contributed by atoms with Crippen molar-refractivity contribution in [1.29, 1.82) is 0 Å². The van der Waals surface area contributed by atoms with E-state index in [9.17, 15) is 14.4 Å². The smallest absolute Gasteiger partial charge is 0.303 e. The summed E-state index contributed by atoms with van der Waals surface area (Å²) in [6.45, 7) is 3.45. The number of imide groups is 1. The second kappa shape index (κ2) is 16.2. The highest BCUT2D eigenvalue weighted by molar-refractivity contribution is 6.26. The van der Waals surface area contributed by atoms with Crippen LogP contribution in [0.4, 0.5) is 5.69 Å². The Morgan fingerprint density at radius 1 is 0.737 bits per heavy atom. The molecule has 0 saturated heterocycles. The molecule has 2 amide bonds. The van der Waals surface area contributed by atoms with Crippen LogP contribution in [0.2, 0.25) is 0 Å². The Balaban J connectivity index is 1.44. The maximum absolute atomic E-state index is 13.2. The second-order valence-corrected chi connectivity index (χ2v) is 10.7. The van der Waals surface area contributed by atoms with E-state index < -0.39 is 5.97 Å². The molecule has 0 spiro atoms. The molecular weight excluding hydrogens is 476 g/mol. The van der Waals surface area contributed by atoms with Gasteiger partial charge in [0.2, 0.25) is 0 Å². The molecule has 2 N–H and O–H groups in total. The highest BCUT2D eigenvalue weighted by atomic mass is 16.4. The van der Waals surface area contributed by atoms with Gasteiger partial charge in [-0.2, -0.15) is 0 Å². The van der Waals surface area contributed by atoms with Crippen LogP contribution < -0.4 is 5.32 Å². The minimum Gasteiger partial charge on any atom is -0.481 e. The summed E-state index contributed by atoms with van der Waals surface area (Å²) >= 11 is 0. The first-order chi connectivity index (χ1) is 18.5. The van der Waals surface area contributed by atoms with Crippen LogP contribution in [0.25, 0.3) is 10.8 Å². The molecule has 0 saturated carbocycles. The maximum Gasteiger partial charge on any atom is 0.303 e. The van der Waals surface area contributed by atoms with E-state index in [1.807, 2.05) is 24.3 Å². The van der Waals surface area contributed by atoms with Crippen LogP contribution in [0.15, 0.2) is 30.3 Å². The van der Waals surface area contributed by atoms with Gasteiger partial charge in [-0.25, -0.2) is 0 Å². The lowest BCUT2D eigenvalue weighted by Gasteiger charge is -2.28. The zero-order chi connectivity index (χ0) is 27.2. The molecule has 1 aliphatic rings. The van der Waals surface area contributed by atoms with E-state index in [0.717, 1.165) is 29.4 Å². The summed E-state index contributed by atoms with van der Waals surface area (Å²) in [6.07, 6.45) is 17.8. The average Bonchev–Trinajstić information content (AvgIpc) is 2.91. The SMILES string of the molecule is CCCCCCCCCCCCCCNc1ccc2c3c(cccc13)C(=O)N(CCCCCC(=O)O)C2=O. The standard InChI is InChI=1S/C32H46N2O4/c1-2-3-4-5-6-7-8-9-10-11-12-15-23-33-28-22-21-27-30-25(28)18-17-19-26(30)31(37)34(32(27)38)24-16-13-14-20-29(35)36/h17-19,21-22,33H,2-16,20,23-24H2,1H3,(H,35,36). The number of carboxylic acid groups (broad SMARTS) is 1. The number of rotatable bonds is 20. The van der Waals surface area contributed by atoms with Crippen molar-refractivity contribution in [2.75, 3.05) is 18.4 Å². The van der Waals surface area contributed by atoms with Gasteiger partial charge in [0.1, 0.15) is 0 Å². The summed E-state index contributed by atoms with van der Waals surface area (Å²) < 4.78 is 0. The van der Waals surface area contributed by atoms with E-state index in [4.69, 9.17) is 5.11 Å². The van der Waals surface area contributed by atoms with Gasteiger partial charge in [-0.15, -0.1) is 0 Å². The number of hydrogen-bond acceptors (Lipinski definition) is 4. The predicted octanol–water partition coefficient (Wildman–Crippen LogP) is 8.19. The van der Waals surface area contributed by atoms with Crippen molar-refractivity contribution in [2.24, 2.45) is 0 Å². The molecule has 0 unspecified atom stereocenters. The monoisotopic (exact) mass is 522 g/mol. The minimum absolute atomic E-state index is 0.110. The Kier molecular flexibility index (Phi) is 12.6. The fraction of sp³-hybridized carbons (Fsp3) is 0.594. The van der Waals surface area contributed by atoms with Crippen molar-refractivity contribution in [2.45, 2.75) is 110 Å². The van der Waals surface area contributed by atoms with Crippen molar-refractivity contribution in [3.63, 3.8) is 0 Å². The topological polar surface area (TPSA) is 86.7 Å². The number of benzene rings is 2. The van der Waals surface area contributed by atoms with Crippen LogP contribution in [0.1, 0.15) is 130 Å². The molecule has 0 aliphatic carbocycles. The molecule has 1 aliphatic heterocycles. The Hall–Kier alpha value is -2.89. The maximum atomic E-state index is 13.2. The normalized spacial score (nSPS) is 12.9. The van der Waals surface area contributed by atoms with Crippen molar-refractivity contribution in [3.05, 3.63) is 41.5 Å². The number of carbonyl (C=O) groups is 3. The number of amides is 2. The largest absolute Gasteiger partial charge is 0.481 e. The highest BCUT2D eigenvalue weighted by Crippen LogP contribution is 2.34. The van der Waals surface area contributed by atoms with Gasteiger partial charge in [-0.05, 0) is 37.5 Å². The number of hydrogen-bond donors (Lipinski definition) is 2. The van der Waals surface area contributed by atoms with Gasteiger partial charge in [0, 0.05) is 47.1 Å². The summed E-state index contributed by atoms with van der Waals surface area (Å²) in [5.74, 6) is -1.34. The Morgan fingerprint density at radius 2 is 1.32 bits per heavy atom. The number of nitrogens with one attached hydrogen (secondary N) is 1. The number of carboxylic acids is 1. The summed E-state index contributed by atoms with van der Waals surface area (Å²) in [6, 6.07) is 9.46. The van der Waals surface area contributed by atoms with E-state index >= 15 is 0 Å². The minimum atomic E-state index is -0.820. The first-order valence-electron chi connectivity index (χ1n) is 14.9. The molecule has 6 heteroatoms. The quantitative estimate of drug-likeness (QED) is 0.135. The summed E-state index contributed by atoms with van der Waals surface area (Å²) in [4.78, 5) is 38.4. The van der Waals surface area contributed by atoms with Crippen molar-refractivity contribution in [3.8, 4) is 0 Å². The molecular formula is C32H46N2O4. The molecule has 0 fully saturated rings. The van der Waals surface area contributed by atoms with E-state index in [2.05, 4.69) is 12.2 Å². The van der Waals surface area contributed by atoms with Crippen LogP contribution in [0.3, 0.4) is 0 Å². The molecule has 0 radical (unpaired) electrons. The van der Waals surface area contributed by atoms with E-state index in [-0.39, 0.29) is 18.2 Å². The highest BCUT2D eigenvalue weighted by Gasteiger charge is 2.32. The van der Waals surface area contributed by atoms with Gasteiger partial charge >= 0.3 is 5.97 Å². The van der Waals surface area contributed by atoms with Crippen LogP contribution >= 0.6 is 0 Å². The second-order valence-electron chi connectivity index (χ2n) is 10.7. The van der Waals surface area contributed by atoms with Crippen molar-refractivity contribution >= 4 is 34.2 Å². The molecule has 1 heterocycles. The molecule has 0 aromatic heterocycles. The number of nitrogens with zero attached hydrogens (tertiary/aromatic N) is 1.